The van der Waals surface area contributed by atoms with E-state index in [9.17, 15) is 0 Å². The van der Waals surface area contributed by atoms with Crippen molar-refractivity contribution >= 4 is 16.8 Å². The second-order valence-electron chi connectivity index (χ2n) is 15.4. The van der Waals surface area contributed by atoms with Crippen molar-refractivity contribution in [2.24, 2.45) is 17.8 Å². The van der Waals surface area contributed by atoms with Crippen molar-refractivity contribution in [2.75, 3.05) is 4.90 Å². The Hall–Kier alpha value is -4.60. The highest BCUT2D eigenvalue weighted by molar-refractivity contribution is 5.81. The molecular formula is C48H47NO2. The van der Waals surface area contributed by atoms with Gasteiger partial charge in [0, 0.05) is 40.3 Å². The van der Waals surface area contributed by atoms with E-state index in [1.807, 2.05) is 0 Å². The largest absolute Gasteiger partial charge is 0.485 e. The molecule has 0 spiro atoms. The normalized spacial score (nSPS) is 32.5. The van der Waals surface area contributed by atoms with E-state index in [0.717, 1.165) is 44.3 Å². The van der Waals surface area contributed by atoms with E-state index in [1.54, 1.807) is 0 Å². The average molecular weight is 670 g/mol. The maximum Gasteiger partial charge on any atom is 0.131 e. The minimum absolute atomic E-state index is 0.177. The molecule has 0 bridgehead atoms. The number of benzene rings is 2. The van der Waals surface area contributed by atoms with Gasteiger partial charge in [-0.1, -0.05) is 115 Å². The molecule has 8 atom stereocenters. The molecular weight excluding hydrogens is 623 g/mol. The minimum atomic E-state index is 0.177. The standard InChI is InChI=1S/C48H47NO2/c1-2-10-32(11-3-1)33-20-26-36(27-21-33)49(37-28-22-34(23-29-37)39-14-8-16-43-41-12-4-6-18-45(41)50-47(39)43)38-30-24-35(25-31-38)40-15-9-17-44-42-13-5-7-19-46(42)51-48(40)44/h2,6-11,14-24,26-28,30-31,35,37,40-42,45-46,48H,1,3-5,12-13,25,29H2. The Kier molecular flexibility index (Phi) is 8.05. The summed E-state index contributed by atoms with van der Waals surface area (Å²) in [6.45, 7) is 0. The van der Waals surface area contributed by atoms with Gasteiger partial charge in [0.15, 0.2) is 0 Å². The van der Waals surface area contributed by atoms with E-state index in [1.165, 1.54) is 57.6 Å². The molecule has 0 N–H and O–H groups in total. The number of rotatable bonds is 6. The molecule has 2 aliphatic heterocycles. The first-order valence-corrected chi connectivity index (χ1v) is 19.5. The third kappa shape index (κ3) is 5.62. The fourth-order valence-corrected chi connectivity index (χ4v) is 9.92. The Labute approximate surface area is 303 Å². The van der Waals surface area contributed by atoms with Crippen LogP contribution in [0.1, 0.15) is 74.0 Å². The van der Waals surface area contributed by atoms with Crippen LogP contribution in [0.4, 0.5) is 5.69 Å². The quantitative estimate of drug-likeness (QED) is 0.286. The number of para-hydroxylation sites is 1. The lowest BCUT2D eigenvalue weighted by Gasteiger charge is -2.37. The average Bonchev–Trinajstić information content (AvgIpc) is 3.78. The summed E-state index contributed by atoms with van der Waals surface area (Å²) in [4.78, 5) is 2.56. The second-order valence-corrected chi connectivity index (χ2v) is 15.4. The molecule has 2 aromatic carbocycles. The molecule has 2 heterocycles. The Morgan fingerprint density at radius 2 is 1.55 bits per heavy atom. The Morgan fingerprint density at radius 1 is 0.667 bits per heavy atom. The van der Waals surface area contributed by atoms with Crippen LogP contribution < -0.4 is 9.64 Å². The van der Waals surface area contributed by atoms with Crippen LogP contribution in [-0.2, 0) is 4.74 Å². The number of allylic oxidation sites excluding steroid dienone is 13. The van der Waals surface area contributed by atoms with Crippen LogP contribution in [0.2, 0.25) is 0 Å². The predicted octanol–water partition coefficient (Wildman–Crippen LogP) is 11.1. The summed E-state index contributed by atoms with van der Waals surface area (Å²) in [6.07, 6.45) is 47.2. The lowest BCUT2D eigenvalue weighted by Crippen LogP contribution is -2.35. The van der Waals surface area contributed by atoms with Crippen LogP contribution in [0.5, 0.6) is 5.75 Å². The zero-order valence-corrected chi connectivity index (χ0v) is 29.3. The minimum Gasteiger partial charge on any atom is -0.485 e. The van der Waals surface area contributed by atoms with Gasteiger partial charge in [-0.2, -0.15) is 0 Å². The third-order valence-electron chi connectivity index (χ3n) is 12.5. The van der Waals surface area contributed by atoms with Gasteiger partial charge in [0.2, 0.25) is 0 Å². The molecule has 8 unspecified atom stereocenters. The van der Waals surface area contributed by atoms with E-state index in [4.69, 9.17) is 9.47 Å². The van der Waals surface area contributed by atoms with Crippen molar-refractivity contribution in [3.05, 3.63) is 168 Å². The number of hydrogen-bond donors (Lipinski definition) is 0. The van der Waals surface area contributed by atoms with Crippen molar-refractivity contribution in [2.45, 2.75) is 81.6 Å². The molecule has 51 heavy (non-hydrogen) atoms. The number of fused-ring (bicyclic) bond motifs is 6. The van der Waals surface area contributed by atoms with Gasteiger partial charge in [-0.05, 0) is 104 Å². The Bertz CT molecular complexity index is 2010. The molecule has 0 radical (unpaired) electrons. The zero-order chi connectivity index (χ0) is 33.7. The third-order valence-corrected chi connectivity index (χ3v) is 12.5. The molecule has 8 aliphatic rings. The number of hydrogen-bond acceptors (Lipinski definition) is 3. The molecule has 256 valence electrons. The van der Waals surface area contributed by atoms with Crippen molar-refractivity contribution in [3.63, 3.8) is 0 Å². The van der Waals surface area contributed by atoms with Crippen LogP contribution in [0.25, 0.3) is 11.1 Å². The molecule has 3 nitrogen and oxygen atoms in total. The van der Waals surface area contributed by atoms with Crippen LogP contribution in [0, 0.1) is 17.8 Å². The molecule has 3 heteroatoms. The molecule has 0 aromatic heterocycles. The van der Waals surface area contributed by atoms with Crippen molar-refractivity contribution in [1.82, 2.24) is 0 Å². The zero-order valence-electron chi connectivity index (χ0n) is 29.3. The van der Waals surface area contributed by atoms with E-state index in [2.05, 4.69) is 145 Å². The summed E-state index contributed by atoms with van der Waals surface area (Å²) >= 11 is 0. The van der Waals surface area contributed by atoms with Gasteiger partial charge >= 0.3 is 0 Å². The molecule has 10 rings (SSSR count). The van der Waals surface area contributed by atoms with E-state index in [0.29, 0.717) is 23.7 Å². The van der Waals surface area contributed by atoms with Gasteiger partial charge in [0.25, 0.3) is 0 Å². The fourth-order valence-electron chi connectivity index (χ4n) is 9.92. The first-order chi connectivity index (χ1) is 25.3. The van der Waals surface area contributed by atoms with Crippen LogP contribution >= 0.6 is 0 Å². The highest BCUT2D eigenvalue weighted by Crippen LogP contribution is 2.49. The first kappa shape index (κ1) is 31.2. The van der Waals surface area contributed by atoms with Crippen LogP contribution in [0.15, 0.2) is 151 Å². The summed E-state index contributed by atoms with van der Waals surface area (Å²) in [7, 11) is 0. The van der Waals surface area contributed by atoms with Gasteiger partial charge in [0.1, 0.15) is 11.9 Å². The van der Waals surface area contributed by atoms with Gasteiger partial charge in [-0.15, -0.1) is 0 Å². The van der Waals surface area contributed by atoms with Gasteiger partial charge in [0.05, 0.1) is 18.2 Å². The highest BCUT2D eigenvalue weighted by Gasteiger charge is 2.44. The maximum atomic E-state index is 6.73. The number of ether oxygens (including phenoxy) is 2. The van der Waals surface area contributed by atoms with E-state index >= 15 is 0 Å². The topological polar surface area (TPSA) is 21.7 Å². The summed E-state index contributed by atoms with van der Waals surface area (Å²) in [6, 6.07) is 16.2. The molecule has 2 aromatic rings. The van der Waals surface area contributed by atoms with E-state index < -0.39 is 0 Å². The monoisotopic (exact) mass is 669 g/mol. The van der Waals surface area contributed by atoms with Gasteiger partial charge < -0.3 is 14.4 Å². The fraction of sp³-hybridized carbons (Fsp3) is 0.333. The summed E-state index contributed by atoms with van der Waals surface area (Å²) in [5, 5.41) is 0. The summed E-state index contributed by atoms with van der Waals surface area (Å²) in [5.74, 6) is 2.91. The van der Waals surface area contributed by atoms with Gasteiger partial charge in [-0.25, -0.2) is 0 Å². The molecule has 0 saturated carbocycles. The highest BCUT2D eigenvalue weighted by atomic mass is 16.5. The molecule has 6 aliphatic carbocycles. The number of anilines is 1. The van der Waals surface area contributed by atoms with Crippen molar-refractivity contribution in [3.8, 4) is 5.75 Å². The molecule has 1 saturated heterocycles. The Morgan fingerprint density at radius 3 is 2.35 bits per heavy atom. The van der Waals surface area contributed by atoms with Crippen molar-refractivity contribution < 1.29 is 9.47 Å². The smallest absolute Gasteiger partial charge is 0.131 e. The maximum absolute atomic E-state index is 6.73. The molecule has 0 amide bonds. The Balaban J connectivity index is 0.920. The molecule has 1 fully saturated rings. The summed E-state index contributed by atoms with van der Waals surface area (Å²) < 4.78 is 13.3. The predicted molar refractivity (Wildman–Crippen MR) is 209 cm³/mol. The van der Waals surface area contributed by atoms with E-state index in [-0.39, 0.29) is 24.4 Å². The first-order valence-electron chi connectivity index (χ1n) is 19.5. The van der Waals surface area contributed by atoms with Crippen LogP contribution in [-0.4, -0.2) is 24.4 Å². The number of nitrogens with zero attached hydrogens (tertiary/aromatic N) is 1. The SMILES string of the molecule is C1=CC(C2C=CC(N(c3ccc(C4=CCCC=C4)cc3)C3C=CC(c4cccc5c4OC4C=CCCC54)=CC3)=CC2)C2OC3C=CCCC3C2=C1. The van der Waals surface area contributed by atoms with Gasteiger partial charge in [-0.3, -0.25) is 0 Å². The van der Waals surface area contributed by atoms with Crippen molar-refractivity contribution in [1.29, 1.82) is 0 Å². The second kappa shape index (κ2) is 13.2. The lowest BCUT2D eigenvalue weighted by molar-refractivity contribution is 0.0332. The van der Waals surface area contributed by atoms with Crippen LogP contribution in [0.3, 0.4) is 0 Å². The lowest BCUT2D eigenvalue weighted by atomic mass is 9.75. The summed E-state index contributed by atoms with van der Waals surface area (Å²) in [5.41, 5.74) is 10.5.